The van der Waals surface area contributed by atoms with E-state index in [0.717, 1.165) is 45.1 Å². The van der Waals surface area contributed by atoms with E-state index in [1.165, 1.54) is 12.1 Å². The van der Waals surface area contributed by atoms with Gasteiger partial charge >= 0.3 is 6.03 Å². The summed E-state index contributed by atoms with van der Waals surface area (Å²) in [6.45, 7) is 5.18. The van der Waals surface area contributed by atoms with Crippen molar-refractivity contribution in [3.63, 3.8) is 0 Å². The summed E-state index contributed by atoms with van der Waals surface area (Å²) in [7, 11) is 0. The van der Waals surface area contributed by atoms with Gasteiger partial charge < -0.3 is 9.80 Å². The second kappa shape index (κ2) is 5.97. The van der Waals surface area contributed by atoms with Crippen molar-refractivity contribution in [3.8, 4) is 0 Å². The molecule has 3 heterocycles. The van der Waals surface area contributed by atoms with Crippen LogP contribution in [0.15, 0.2) is 18.3 Å². The van der Waals surface area contributed by atoms with Gasteiger partial charge in [-0.25, -0.2) is 14.2 Å². The number of hydrogen-bond donors (Lipinski definition) is 1. The summed E-state index contributed by atoms with van der Waals surface area (Å²) < 4.78 is 12.9. The number of fused-ring (bicyclic) bond motifs is 2. The minimum absolute atomic E-state index is 0.112. The largest absolute Gasteiger partial charge is 0.323 e. The summed E-state index contributed by atoms with van der Waals surface area (Å²) in [6, 6.07) is 3.27. The van der Waals surface area contributed by atoms with Crippen LogP contribution in [-0.2, 0) is 0 Å². The van der Waals surface area contributed by atoms with Gasteiger partial charge in [-0.1, -0.05) is 6.92 Å². The van der Waals surface area contributed by atoms with Gasteiger partial charge in [-0.15, -0.1) is 0 Å². The molecule has 5 nitrogen and oxygen atoms in total. The molecule has 114 valence electrons. The zero-order valence-corrected chi connectivity index (χ0v) is 12.3. The van der Waals surface area contributed by atoms with Gasteiger partial charge in [-0.2, -0.15) is 0 Å². The molecule has 2 atom stereocenters. The van der Waals surface area contributed by atoms with Gasteiger partial charge in [0, 0.05) is 25.2 Å². The number of nitrogens with one attached hydrogen (secondary N) is 1. The Hall–Kier alpha value is -1.69. The third kappa shape index (κ3) is 3.00. The summed E-state index contributed by atoms with van der Waals surface area (Å²) in [5, 5.41) is 2.79. The minimum atomic E-state index is -0.401. The minimum Gasteiger partial charge on any atom is -0.317 e. The van der Waals surface area contributed by atoms with Crippen molar-refractivity contribution in [3.05, 3.63) is 24.1 Å². The van der Waals surface area contributed by atoms with Gasteiger partial charge in [0.05, 0.1) is 6.20 Å². The number of urea groups is 1. The van der Waals surface area contributed by atoms with Crippen LogP contribution in [0.25, 0.3) is 0 Å². The Bertz CT molecular complexity index is 507. The molecule has 2 fully saturated rings. The molecule has 2 aliphatic rings. The summed E-state index contributed by atoms with van der Waals surface area (Å²) in [4.78, 5) is 20.8. The van der Waals surface area contributed by atoms with E-state index in [2.05, 4.69) is 22.1 Å². The third-order valence-electron chi connectivity index (χ3n) is 4.51. The fraction of sp³-hybridized carbons (Fsp3) is 0.600. The summed E-state index contributed by atoms with van der Waals surface area (Å²) in [5.41, 5.74) is 0. The SMILES string of the molecule is CCN1CCC2CCC(C1)N2C(=O)Nc1ccc(F)cn1. The monoisotopic (exact) mass is 292 g/mol. The lowest BCUT2D eigenvalue weighted by Gasteiger charge is -2.28. The first-order valence-electron chi connectivity index (χ1n) is 7.60. The molecule has 3 rings (SSSR count). The summed E-state index contributed by atoms with van der Waals surface area (Å²) in [5.74, 6) is -0.00109. The van der Waals surface area contributed by atoms with Crippen LogP contribution in [0.5, 0.6) is 0 Å². The van der Waals surface area contributed by atoms with E-state index in [-0.39, 0.29) is 12.1 Å². The first-order valence-corrected chi connectivity index (χ1v) is 7.60. The number of amides is 2. The molecule has 0 aliphatic carbocycles. The maximum atomic E-state index is 12.9. The van der Waals surface area contributed by atoms with Gasteiger partial charge in [-0.3, -0.25) is 5.32 Å². The standard InChI is InChI=1S/C15H21FN4O/c1-2-19-8-7-12-4-5-13(10-19)20(12)15(21)18-14-6-3-11(16)9-17-14/h3,6,9,12-13H,2,4-5,7-8,10H2,1H3,(H,17,18,21). The number of carbonyl (C=O) groups excluding carboxylic acids is 1. The van der Waals surface area contributed by atoms with E-state index < -0.39 is 5.82 Å². The summed E-state index contributed by atoms with van der Waals surface area (Å²) in [6.07, 6.45) is 4.28. The highest BCUT2D eigenvalue weighted by Gasteiger charge is 2.39. The van der Waals surface area contributed by atoms with E-state index in [1.54, 1.807) is 0 Å². The zero-order valence-electron chi connectivity index (χ0n) is 12.3. The first-order chi connectivity index (χ1) is 10.2. The number of likely N-dealkylation sites (tertiary alicyclic amines) is 1. The van der Waals surface area contributed by atoms with E-state index in [1.807, 2.05) is 4.90 Å². The summed E-state index contributed by atoms with van der Waals surface area (Å²) >= 11 is 0. The average Bonchev–Trinajstić information content (AvgIpc) is 2.76. The zero-order chi connectivity index (χ0) is 14.8. The first kappa shape index (κ1) is 14.3. The number of hydrogen-bond acceptors (Lipinski definition) is 3. The van der Waals surface area contributed by atoms with Gasteiger partial charge in [0.2, 0.25) is 0 Å². The van der Waals surface area contributed by atoms with Crippen molar-refractivity contribution in [2.75, 3.05) is 25.0 Å². The molecule has 0 radical (unpaired) electrons. The van der Waals surface area contributed by atoms with Gasteiger partial charge in [-0.05, 0) is 37.9 Å². The van der Waals surface area contributed by atoms with Crippen LogP contribution >= 0.6 is 0 Å². The normalized spacial score (nSPS) is 25.7. The van der Waals surface area contributed by atoms with Crippen molar-refractivity contribution in [1.82, 2.24) is 14.8 Å². The van der Waals surface area contributed by atoms with E-state index in [4.69, 9.17) is 0 Å². The van der Waals surface area contributed by atoms with E-state index >= 15 is 0 Å². The van der Waals surface area contributed by atoms with Crippen molar-refractivity contribution in [2.45, 2.75) is 38.3 Å². The van der Waals surface area contributed by atoms with E-state index in [0.29, 0.717) is 11.9 Å². The molecule has 2 unspecified atom stereocenters. The van der Waals surface area contributed by atoms with Gasteiger partial charge in [0.1, 0.15) is 11.6 Å². The Morgan fingerprint density at radius 3 is 2.90 bits per heavy atom. The molecule has 21 heavy (non-hydrogen) atoms. The number of halogens is 1. The smallest absolute Gasteiger partial charge is 0.317 e. The average molecular weight is 292 g/mol. The molecule has 2 aliphatic heterocycles. The molecule has 1 aromatic rings. The van der Waals surface area contributed by atoms with Crippen LogP contribution in [0.1, 0.15) is 26.2 Å². The van der Waals surface area contributed by atoms with E-state index in [9.17, 15) is 9.18 Å². The third-order valence-corrected chi connectivity index (χ3v) is 4.51. The van der Waals surface area contributed by atoms with Crippen LogP contribution in [0.3, 0.4) is 0 Å². The molecule has 2 amide bonds. The van der Waals surface area contributed by atoms with Gasteiger partial charge in [0.15, 0.2) is 0 Å². The highest BCUT2D eigenvalue weighted by atomic mass is 19.1. The van der Waals surface area contributed by atoms with Crippen molar-refractivity contribution < 1.29 is 9.18 Å². The highest BCUT2D eigenvalue weighted by Crippen LogP contribution is 2.30. The fourth-order valence-electron chi connectivity index (χ4n) is 3.39. The van der Waals surface area contributed by atoms with Crippen LogP contribution in [-0.4, -0.2) is 52.5 Å². The lowest BCUT2D eigenvalue weighted by atomic mass is 10.1. The molecule has 0 saturated carbocycles. The molecule has 2 bridgehead atoms. The number of likely N-dealkylation sites (N-methyl/N-ethyl adjacent to an activating group) is 1. The maximum absolute atomic E-state index is 12.9. The Kier molecular flexibility index (Phi) is 4.05. The van der Waals surface area contributed by atoms with Crippen molar-refractivity contribution in [1.29, 1.82) is 0 Å². The Balaban J connectivity index is 1.70. The van der Waals surface area contributed by atoms with Crippen molar-refractivity contribution in [2.24, 2.45) is 0 Å². The van der Waals surface area contributed by atoms with Crippen LogP contribution < -0.4 is 5.32 Å². The molecular formula is C15H21FN4O. The van der Waals surface area contributed by atoms with Crippen LogP contribution in [0.2, 0.25) is 0 Å². The topological polar surface area (TPSA) is 48.5 Å². The lowest BCUT2D eigenvalue weighted by molar-refractivity contribution is 0.184. The lowest BCUT2D eigenvalue weighted by Crippen LogP contribution is -2.45. The number of pyridine rings is 1. The quantitative estimate of drug-likeness (QED) is 0.910. The number of aromatic nitrogens is 1. The fourth-order valence-corrected chi connectivity index (χ4v) is 3.39. The Labute approximate surface area is 124 Å². The van der Waals surface area contributed by atoms with Crippen LogP contribution in [0, 0.1) is 5.82 Å². The van der Waals surface area contributed by atoms with Crippen molar-refractivity contribution >= 4 is 11.8 Å². The number of nitrogens with zero attached hydrogens (tertiary/aromatic N) is 3. The number of carbonyl (C=O) groups is 1. The van der Waals surface area contributed by atoms with Crippen LogP contribution in [0.4, 0.5) is 15.0 Å². The molecule has 6 heteroatoms. The highest BCUT2D eigenvalue weighted by molar-refractivity contribution is 5.89. The predicted molar refractivity (Wildman–Crippen MR) is 78.6 cm³/mol. The van der Waals surface area contributed by atoms with Gasteiger partial charge in [0.25, 0.3) is 0 Å². The Morgan fingerprint density at radius 1 is 1.38 bits per heavy atom. The molecule has 1 N–H and O–H groups in total. The number of rotatable bonds is 2. The molecule has 0 aromatic carbocycles. The second-order valence-electron chi connectivity index (χ2n) is 5.77. The molecule has 2 saturated heterocycles. The molecule has 0 spiro atoms. The Morgan fingerprint density at radius 2 is 2.19 bits per heavy atom. The molecule has 1 aromatic heterocycles. The molecular weight excluding hydrogens is 271 g/mol. The predicted octanol–water partition coefficient (Wildman–Crippen LogP) is 2.31. The number of anilines is 1. The maximum Gasteiger partial charge on any atom is 0.323 e. The second-order valence-corrected chi connectivity index (χ2v) is 5.77.